The Hall–Kier alpha value is -3.42. The number of carbonyl (C=O) groups excluding carboxylic acids is 2. The first-order chi connectivity index (χ1) is 11.9. The lowest BCUT2D eigenvalue weighted by molar-refractivity contribution is -0.384. The fourth-order valence-corrected chi connectivity index (χ4v) is 2.00. The topological polar surface area (TPSA) is 111 Å². The third-order valence-corrected chi connectivity index (χ3v) is 3.29. The van der Waals surface area contributed by atoms with Crippen LogP contribution in [0.15, 0.2) is 48.5 Å². The lowest BCUT2D eigenvalue weighted by Crippen LogP contribution is -2.47. The van der Waals surface area contributed by atoms with Crippen LogP contribution in [0.3, 0.4) is 0 Å². The Labute approximate surface area is 143 Å². The van der Waals surface area contributed by atoms with Gasteiger partial charge in [-0.1, -0.05) is 18.2 Å². The molecule has 130 valence electrons. The lowest BCUT2D eigenvalue weighted by Gasteiger charge is -2.15. The number of nitro benzene ring substituents is 1. The quantitative estimate of drug-likeness (QED) is 0.638. The van der Waals surface area contributed by atoms with Crippen molar-refractivity contribution >= 4 is 17.5 Å². The van der Waals surface area contributed by atoms with Crippen molar-refractivity contribution in [3.05, 3.63) is 69.8 Å². The van der Waals surface area contributed by atoms with Gasteiger partial charge in [0.15, 0.2) is 6.10 Å². The number of non-ortho nitro benzene ring substituents is 1. The van der Waals surface area contributed by atoms with Crippen LogP contribution in [-0.2, 0) is 4.79 Å². The number of carbonyl (C=O) groups is 2. The Morgan fingerprint density at radius 3 is 2.52 bits per heavy atom. The summed E-state index contributed by atoms with van der Waals surface area (Å²) in [6.07, 6.45) is -0.841. The molecule has 0 bridgehead atoms. The first-order valence-electron chi connectivity index (χ1n) is 7.45. The van der Waals surface area contributed by atoms with E-state index in [1.807, 2.05) is 13.0 Å². The molecule has 8 heteroatoms. The van der Waals surface area contributed by atoms with Crippen molar-refractivity contribution in [2.75, 3.05) is 0 Å². The van der Waals surface area contributed by atoms with Gasteiger partial charge in [0.05, 0.1) is 4.92 Å². The van der Waals surface area contributed by atoms with E-state index in [2.05, 4.69) is 10.9 Å². The molecule has 0 saturated carbocycles. The summed E-state index contributed by atoms with van der Waals surface area (Å²) in [7, 11) is 0. The third kappa shape index (κ3) is 5.03. The summed E-state index contributed by atoms with van der Waals surface area (Å²) in [5.41, 5.74) is 5.27. The molecule has 0 aliphatic carbocycles. The number of nitrogens with zero attached hydrogens (tertiary/aromatic N) is 1. The average molecular weight is 343 g/mol. The molecule has 0 radical (unpaired) electrons. The predicted molar refractivity (Wildman–Crippen MR) is 90.0 cm³/mol. The fourth-order valence-electron chi connectivity index (χ4n) is 2.00. The van der Waals surface area contributed by atoms with Crippen LogP contribution in [0.5, 0.6) is 5.75 Å². The Bertz CT molecular complexity index is 806. The number of hydrogen-bond donors (Lipinski definition) is 2. The van der Waals surface area contributed by atoms with Crippen molar-refractivity contribution < 1.29 is 19.2 Å². The zero-order chi connectivity index (χ0) is 18.4. The molecule has 0 aromatic heterocycles. The van der Waals surface area contributed by atoms with Gasteiger partial charge in [-0.2, -0.15) is 0 Å². The van der Waals surface area contributed by atoms with Gasteiger partial charge in [-0.15, -0.1) is 0 Å². The van der Waals surface area contributed by atoms with E-state index in [0.29, 0.717) is 5.75 Å². The molecule has 0 aliphatic rings. The summed E-state index contributed by atoms with van der Waals surface area (Å²) in [6.45, 7) is 3.44. The van der Waals surface area contributed by atoms with Crippen LogP contribution >= 0.6 is 0 Å². The molecule has 0 heterocycles. The number of rotatable bonds is 5. The van der Waals surface area contributed by atoms with Crippen LogP contribution in [0.25, 0.3) is 0 Å². The molecule has 8 nitrogen and oxygen atoms in total. The van der Waals surface area contributed by atoms with Crippen LogP contribution in [-0.4, -0.2) is 22.8 Å². The Kier molecular flexibility index (Phi) is 5.67. The molecule has 0 aliphatic heterocycles. The second-order valence-corrected chi connectivity index (χ2v) is 5.33. The fraction of sp³-hybridized carbons (Fsp3) is 0.176. The van der Waals surface area contributed by atoms with Gasteiger partial charge in [0.2, 0.25) is 0 Å². The minimum absolute atomic E-state index is 0.0572. The predicted octanol–water partition coefficient (Wildman–Crippen LogP) is 2.13. The van der Waals surface area contributed by atoms with E-state index in [9.17, 15) is 19.7 Å². The van der Waals surface area contributed by atoms with E-state index in [1.54, 1.807) is 18.2 Å². The summed E-state index contributed by atoms with van der Waals surface area (Å²) < 4.78 is 5.49. The molecule has 2 N–H and O–H groups in total. The highest BCUT2D eigenvalue weighted by Gasteiger charge is 2.17. The van der Waals surface area contributed by atoms with Crippen LogP contribution in [0.4, 0.5) is 5.69 Å². The molecule has 1 atom stereocenters. The summed E-state index contributed by atoms with van der Waals surface area (Å²) >= 11 is 0. The third-order valence-electron chi connectivity index (χ3n) is 3.29. The van der Waals surface area contributed by atoms with Gasteiger partial charge in [-0.05, 0) is 37.6 Å². The van der Waals surface area contributed by atoms with E-state index in [4.69, 9.17) is 4.74 Å². The lowest BCUT2D eigenvalue weighted by atomic mass is 10.2. The minimum Gasteiger partial charge on any atom is -0.481 e. The van der Waals surface area contributed by atoms with Gasteiger partial charge >= 0.3 is 0 Å². The summed E-state index contributed by atoms with van der Waals surface area (Å²) in [5, 5.41) is 10.7. The highest BCUT2D eigenvalue weighted by Crippen LogP contribution is 2.14. The van der Waals surface area contributed by atoms with Crippen molar-refractivity contribution in [1.82, 2.24) is 10.9 Å². The number of nitro groups is 1. The molecule has 2 aromatic carbocycles. The Morgan fingerprint density at radius 1 is 1.12 bits per heavy atom. The maximum Gasteiger partial charge on any atom is 0.279 e. The van der Waals surface area contributed by atoms with Crippen molar-refractivity contribution in [1.29, 1.82) is 0 Å². The standard InChI is InChI=1S/C17H17N3O5/c1-11-5-3-8-15(9-11)25-12(2)16(21)18-19-17(22)13-6-4-7-14(10-13)20(23)24/h3-10,12H,1-2H3,(H,18,21)(H,19,22). The largest absolute Gasteiger partial charge is 0.481 e. The molecular weight excluding hydrogens is 326 g/mol. The molecule has 2 rings (SSSR count). The zero-order valence-corrected chi connectivity index (χ0v) is 13.7. The van der Waals surface area contributed by atoms with E-state index < -0.39 is 22.8 Å². The molecule has 1 unspecified atom stereocenters. The van der Waals surface area contributed by atoms with E-state index >= 15 is 0 Å². The van der Waals surface area contributed by atoms with Crippen molar-refractivity contribution in [3.8, 4) is 5.75 Å². The SMILES string of the molecule is Cc1cccc(OC(C)C(=O)NNC(=O)c2cccc([N+](=O)[O-])c2)c1. The van der Waals surface area contributed by atoms with Crippen LogP contribution in [0.2, 0.25) is 0 Å². The van der Waals surface area contributed by atoms with Gasteiger partial charge in [-0.25, -0.2) is 0 Å². The molecule has 0 saturated heterocycles. The smallest absolute Gasteiger partial charge is 0.279 e. The van der Waals surface area contributed by atoms with Crippen molar-refractivity contribution in [2.24, 2.45) is 0 Å². The summed E-state index contributed by atoms with van der Waals surface area (Å²) in [6, 6.07) is 12.4. The highest BCUT2D eigenvalue weighted by atomic mass is 16.6. The number of nitrogens with one attached hydrogen (secondary N) is 2. The molecule has 0 fully saturated rings. The van der Waals surface area contributed by atoms with Gasteiger partial charge in [0.1, 0.15) is 5.75 Å². The average Bonchev–Trinajstić information content (AvgIpc) is 2.59. The molecular formula is C17H17N3O5. The van der Waals surface area contributed by atoms with E-state index in [-0.39, 0.29) is 11.3 Å². The van der Waals surface area contributed by atoms with Gasteiger partial charge in [0.25, 0.3) is 17.5 Å². The monoisotopic (exact) mass is 343 g/mol. The van der Waals surface area contributed by atoms with E-state index in [0.717, 1.165) is 11.6 Å². The normalized spacial score (nSPS) is 11.3. The van der Waals surface area contributed by atoms with Crippen LogP contribution < -0.4 is 15.6 Å². The van der Waals surface area contributed by atoms with Crippen molar-refractivity contribution in [3.63, 3.8) is 0 Å². The van der Waals surface area contributed by atoms with Gasteiger partial charge < -0.3 is 4.74 Å². The number of amides is 2. The molecule has 25 heavy (non-hydrogen) atoms. The van der Waals surface area contributed by atoms with Gasteiger partial charge in [0, 0.05) is 17.7 Å². The first-order valence-corrected chi connectivity index (χ1v) is 7.45. The maximum atomic E-state index is 12.0. The highest BCUT2D eigenvalue weighted by molar-refractivity contribution is 5.96. The maximum absolute atomic E-state index is 12.0. The number of benzene rings is 2. The molecule has 0 spiro atoms. The second kappa shape index (κ2) is 7.91. The van der Waals surface area contributed by atoms with Crippen LogP contribution in [0, 0.1) is 17.0 Å². The zero-order valence-electron chi connectivity index (χ0n) is 13.7. The minimum atomic E-state index is -0.841. The number of hydrazine groups is 1. The summed E-state index contributed by atoms with van der Waals surface area (Å²) in [4.78, 5) is 34.1. The molecule has 2 amide bonds. The second-order valence-electron chi connectivity index (χ2n) is 5.33. The van der Waals surface area contributed by atoms with E-state index in [1.165, 1.54) is 25.1 Å². The number of aryl methyl sites for hydroxylation is 1. The molecule has 2 aromatic rings. The van der Waals surface area contributed by atoms with Crippen molar-refractivity contribution in [2.45, 2.75) is 20.0 Å². The Morgan fingerprint density at radius 2 is 1.84 bits per heavy atom. The Balaban J connectivity index is 1.91. The number of hydrogen-bond acceptors (Lipinski definition) is 5. The van der Waals surface area contributed by atoms with Gasteiger partial charge in [-0.3, -0.25) is 30.6 Å². The summed E-state index contributed by atoms with van der Waals surface area (Å²) in [5.74, 6) is -0.687. The first kappa shape index (κ1) is 17.9. The van der Waals surface area contributed by atoms with Crippen LogP contribution in [0.1, 0.15) is 22.8 Å². The number of ether oxygens (including phenoxy) is 1.